The molecule has 0 unspecified atom stereocenters. The van der Waals surface area contributed by atoms with Crippen molar-refractivity contribution in [1.82, 2.24) is 0 Å². The van der Waals surface area contributed by atoms with Crippen molar-refractivity contribution in [1.29, 1.82) is 0 Å². The average Bonchev–Trinajstić information content (AvgIpc) is 3.34. The molecule has 4 rings (SSSR count). The third-order valence-electron chi connectivity index (χ3n) is 6.01. The maximum Gasteiger partial charge on any atom is 0.261 e. The van der Waals surface area contributed by atoms with Crippen LogP contribution in [-0.2, 0) is 10.0 Å². The molecule has 2 N–H and O–H groups in total. The van der Waals surface area contributed by atoms with Crippen molar-refractivity contribution in [3.05, 3.63) is 77.4 Å². The molecule has 8 heteroatoms. The van der Waals surface area contributed by atoms with Crippen molar-refractivity contribution in [3.63, 3.8) is 0 Å². The van der Waals surface area contributed by atoms with Crippen LogP contribution in [0.25, 0.3) is 0 Å². The number of hydrogen-bond donors (Lipinski definition) is 2. The van der Waals surface area contributed by atoms with Crippen LogP contribution in [0, 0.1) is 13.8 Å². The molecule has 7 nitrogen and oxygen atoms in total. The summed E-state index contributed by atoms with van der Waals surface area (Å²) < 4.78 is 33.5. The number of aryl methyl sites for hydroxylation is 2. The molecule has 0 atom stereocenters. The molecule has 0 radical (unpaired) electrons. The number of rotatable bonds is 7. The molecule has 0 aromatic heterocycles. The van der Waals surface area contributed by atoms with E-state index in [4.69, 9.17) is 4.74 Å². The van der Waals surface area contributed by atoms with Crippen LogP contribution in [0.5, 0.6) is 5.75 Å². The van der Waals surface area contributed by atoms with E-state index in [0.717, 1.165) is 18.7 Å². The number of carbonyl (C=O) groups is 1. The molecule has 1 fully saturated rings. The minimum absolute atomic E-state index is 0.0135. The highest BCUT2D eigenvalue weighted by molar-refractivity contribution is 7.92. The van der Waals surface area contributed by atoms with Crippen molar-refractivity contribution in [2.24, 2.45) is 0 Å². The fraction of sp³-hybridized carbons (Fsp3) is 0.269. The minimum atomic E-state index is -3.88. The summed E-state index contributed by atoms with van der Waals surface area (Å²) in [6.45, 7) is 5.92. The number of amides is 1. The quantitative estimate of drug-likeness (QED) is 0.500. The zero-order valence-electron chi connectivity index (χ0n) is 19.6. The van der Waals surface area contributed by atoms with Gasteiger partial charge in [0.15, 0.2) is 0 Å². The van der Waals surface area contributed by atoms with Crippen LogP contribution in [0.15, 0.2) is 65.6 Å². The third-order valence-corrected chi connectivity index (χ3v) is 7.39. The lowest BCUT2D eigenvalue weighted by Crippen LogP contribution is -2.19. The fourth-order valence-electron chi connectivity index (χ4n) is 4.13. The summed E-state index contributed by atoms with van der Waals surface area (Å²) in [5.41, 5.74) is 4.35. The second-order valence-electron chi connectivity index (χ2n) is 8.46. The molecular formula is C26H29N3O4S. The number of anilines is 3. The summed E-state index contributed by atoms with van der Waals surface area (Å²) >= 11 is 0. The molecule has 1 amide bonds. The summed E-state index contributed by atoms with van der Waals surface area (Å²) in [4.78, 5) is 15.4. The SMILES string of the molecule is COc1ccc(NS(=O)(=O)c2ccc(C)c(C(=O)Nc3ccc(N4CCCC4)c(C)c3)c2)cc1. The number of sulfonamides is 1. The number of hydrogen-bond acceptors (Lipinski definition) is 5. The first-order valence-corrected chi connectivity index (χ1v) is 12.7. The second kappa shape index (κ2) is 9.77. The standard InChI is InChI=1S/C26H29N3O4S/c1-18-6-12-23(34(31,32)28-20-7-10-22(33-3)11-8-20)17-24(18)26(30)27-21-9-13-25(19(2)16-21)29-14-4-5-15-29/h6-13,16-17,28H,4-5,14-15H2,1-3H3,(H,27,30). The van der Waals surface area contributed by atoms with E-state index < -0.39 is 10.0 Å². The van der Waals surface area contributed by atoms with Crippen molar-refractivity contribution >= 4 is 33.0 Å². The van der Waals surface area contributed by atoms with Crippen LogP contribution in [0.4, 0.5) is 17.1 Å². The van der Waals surface area contributed by atoms with Crippen LogP contribution >= 0.6 is 0 Å². The van der Waals surface area contributed by atoms with Crippen LogP contribution < -0.4 is 19.7 Å². The normalized spacial score (nSPS) is 13.6. The molecule has 0 spiro atoms. The lowest BCUT2D eigenvalue weighted by molar-refractivity contribution is 0.102. The summed E-state index contributed by atoms with van der Waals surface area (Å²) in [6, 6.07) is 17.0. The monoisotopic (exact) mass is 479 g/mol. The van der Waals surface area contributed by atoms with Gasteiger partial charge in [-0.25, -0.2) is 8.42 Å². The molecule has 178 valence electrons. The molecule has 34 heavy (non-hydrogen) atoms. The van der Waals surface area contributed by atoms with Gasteiger partial charge in [0.25, 0.3) is 15.9 Å². The van der Waals surface area contributed by atoms with Crippen molar-refractivity contribution in [2.45, 2.75) is 31.6 Å². The largest absolute Gasteiger partial charge is 0.497 e. The van der Waals surface area contributed by atoms with Crippen LogP contribution in [0.1, 0.15) is 34.3 Å². The molecule has 0 saturated carbocycles. The Labute approximate surface area is 200 Å². The lowest BCUT2D eigenvalue weighted by atomic mass is 10.1. The van der Waals surface area contributed by atoms with E-state index in [9.17, 15) is 13.2 Å². The number of carbonyl (C=O) groups excluding carboxylic acids is 1. The van der Waals surface area contributed by atoms with Gasteiger partial charge in [-0.3, -0.25) is 9.52 Å². The Balaban J connectivity index is 1.53. The molecular weight excluding hydrogens is 450 g/mol. The summed E-state index contributed by atoms with van der Waals surface area (Å²) in [5, 5.41) is 2.91. The fourth-order valence-corrected chi connectivity index (χ4v) is 5.21. The van der Waals surface area contributed by atoms with Gasteiger partial charge in [0, 0.05) is 35.7 Å². The van der Waals surface area contributed by atoms with Gasteiger partial charge < -0.3 is 15.0 Å². The smallest absolute Gasteiger partial charge is 0.261 e. The van der Waals surface area contributed by atoms with Gasteiger partial charge in [-0.05, 0) is 92.4 Å². The maximum atomic E-state index is 13.0. The Bertz CT molecular complexity index is 1300. The van der Waals surface area contributed by atoms with E-state index >= 15 is 0 Å². The third kappa shape index (κ3) is 5.17. The number of ether oxygens (including phenoxy) is 1. The van der Waals surface area contributed by atoms with E-state index in [1.807, 2.05) is 25.1 Å². The van der Waals surface area contributed by atoms with Crippen LogP contribution in [-0.4, -0.2) is 34.5 Å². The van der Waals surface area contributed by atoms with Gasteiger partial charge >= 0.3 is 0 Å². The lowest BCUT2D eigenvalue weighted by Gasteiger charge is -2.21. The Morgan fingerprint density at radius 3 is 2.21 bits per heavy atom. The van der Waals surface area contributed by atoms with E-state index in [2.05, 4.69) is 14.9 Å². The average molecular weight is 480 g/mol. The van der Waals surface area contributed by atoms with Crippen molar-refractivity contribution in [3.8, 4) is 5.75 Å². The van der Waals surface area contributed by atoms with Crippen LogP contribution in [0.3, 0.4) is 0 Å². The zero-order chi connectivity index (χ0) is 24.3. The minimum Gasteiger partial charge on any atom is -0.497 e. The highest BCUT2D eigenvalue weighted by Gasteiger charge is 2.19. The molecule has 1 saturated heterocycles. The van der Waals surface area contributed by atoms with Gasteiger partial charge in [0.1, 0.15) is 5.75 Å². The van der Waals surface area contributed by atoms with E-state index in [1.165, 1.54) is 30.7 Å². The maximum absolute atomic E-state index is 13.0. The first-order chi connectivity index (χ1) is 16.3. The predicted octanol–water partition coefficient (Wildman–Crippen LogP) is 4.97. The highest BCUT2D eigenvalue weighted by atomic mass is 32.2. The van der Waals surface area contributed by atoms with Gasteiger partial charge in [0.05, 0.1) is 12.0 Å². The first-order valence-electron chi connectivity index (χ1n) is 11.2. The predicted molar refractivity (Wildman–Crippen MR) is 136 cm³/mol. The summed E-state index contributed by atoms with van der Waals surface area (Å²) in [6.07, 6.45) is 2.40. The summed E-state index contributed by atoms with van der Waals surface area (Å²) in [7, 11) is -2.33. The van der Waals surface area contributed by atoms with Crippen LogP contribution in [0.2, 0.25) is 0 Å². The van der Waals surface area contributed by atoms with Crippen molar-refractivity contribution in [2.75, 3.05) is 35.1 Å². The molecule has 1 aliphatic heterocycles. The van der Waals surface area contributed by atoms with E-state index in [-0.39, 0.29) is 10.8 Å². The van der Waals surface area contributed by atoms with Gasteiger partial charge in [-0.1, -0.05) is 6.07 Å². The van der Waals surface area contributed by atoms with E-state index in [1.54, 1.807) is 44.4 Å². The van der Waals surface area contributed by atoms with Gasteiger partial charge in [-0.15, -0.1) is 0 Å². The molecule has 0 aliphatic carbocycles. The van der Waals surface area contributed by atoms with Gasteiger partial charge in [0.2, 0.25) is 0 Å². The number of nitrogens with one attached hydrogen (secondary N) is 2. The Morgan fingerprint density at radius 2 is 1.56 bits per heavy atom. The second-order valence-corrected chi connectivity index (χ2v) is 10.1. The molecule has 1 aliphatic rings. The zero-order valence-corrected chi connectivity index (χ0v) is 20.4. The van der Waals surface area contributed by atoms with Crippen molar-refractivity contribution < 1.29 is 17.9 Å². The first kappa shape index (κ1) is 23.6. The summed E-state index contributed by atoms with van der Waals surface area (Å²) in [5.74, 6) is 0.272. The Kier molecular flexibility index (Phi) is 6.79. The van der Waals surface area contributed by atoms with Gasteiger partial charge in [-0.2, -0.15) is 0 Å². The number of methoxy groups -OCH3 is 1. The Hall–Kier alpha value is -3.52. The number of nitrogens with zero attached hydrogens (tertiary/aromatic N) is 1. The molecule has 3 aromatic rings. The molecule has 3 aromatic carbocycles. The Morgan fingerprint density at radius 1 is 0.882 bits per heavy atom. The molecule has 1 heterocycles. The van der Waals surface area contributed by atoms with E-state index in [0.29, 0.717) is 28.3 Å². The highest BCUT2D eigenvalue weighted by Crippen LogP contribution is 2.27. The number of benzene rings is 3. The topological polar surface area (TPSA) is 87.7 Å². The molecule has 0 bridgehead atoms.